The minimum absolute atomic E-state index is 0. The molecule has 0 unspecified atom stereocenters. The van der Waals surface area contributed by atoms with Gasteiger partial charge in [-0.15, -0.1) is 216 Å². The van der Waals surface area contributed by atoms with Crippen molar-refractivity contribution >= 4 is 87.8 Å². The van der Waals surface area contributed by atoms with Gasteiger partial charge in [0, 0.05) is 176 Å². The fraction of sp³-hybridized carbons (Fsp3) is 0.132. The number of pyridine rings is 8. The van der Waals surface area contributed by atoms with E-state index in [0.29, 0.717) is 50.6 Å². The molecular formula is C129H106Ir4N8O4-8. The molecule has 0 amide bonds. The van der Waals surface area contributed by atoms with E-state index in [1.165, 1.54) is 53.1 Å². The van der Waals surface area contributed by atoms with Crippen LogP contribution in [0.15, 0.2) is 371 Å². The summed E-state index contributed by atoms with van der Waals surface area (Å²) in [4.78, 5) is 34.5. The molecule has 24 rings (SSSR count). The number of hydrogen-bond donors (Lipinski definition) is 0. The first kappa shape index (κ1) is 85.1. The van der Waals surface area contributed by atoms with Gasteiger partial charge in [0.25, 0.3) is 0 Å². The molecule has 12 heterocycles. The molecule has 730 valence electrons. The smallest absolute Gasteiger partial charge is 0.120 e. The zero-order chi connectivity index (χ0) is 113. The summed E-state index contributed by atoms with van der Waals surface area (Å²) in [5.74, 6) is 0.469. The van der Waals surface area contributed by atoms with Gasteiger partial charge in [-0.3, -0.25) is 0 Å². The van der Waals surface area contributed by atoms with E-state index in [-0.39, 0.29) is 91.5 Å². The Balaban J connectivity index is 0.000000154. The zero-order valence-corrected chi connectivity index (χ0v) is 89.9. The number of fused-ring (bicyclic) bond motifs is 12. The molecule has 12 aromatic heterocycles. The van der Waals surface area contributed by atoms with Gasteiger partial charge in [0.2, 0.25) is 0 Å². The molecule has 24 aromatic rings. The fourth-order valence-corrected chi connectivity index (χ4v) is 15.7. The van der Waals surface area contributed by atoms with E-state index < -0.39 is 41.1 Å². The number of aryl methyl sites for hydroxylation is 13. The molecule has 0 fully saturated rings. The molecule has 12 nitrogen and oxygen atoms in total. The van der Waals surface area contributed by atoms with Crippen LogP contribution >= 0.6 is 0 Å². The Labute approximate surface area is 928 Å². The standard InChI is InChI=1S/C20H16NO.3C19H14NO.4C13H12N.4Ir/c1-13(2)14-10-11-21-18(12-14)17-8-5-7-16-15-6-3-4-9-19(15)22-20(16)17;2*1-12-10-17(20-11-13(12)2)16-8-5-7-15-14-6-3-4-9-18(14)21-19(15)16;1-2-13-10-11-20-17(12-13)16-8-5-7-15-14-6-3-4-9-18(14)21-19(15)16;4*1-10-8-13(14-9-11(10)2)12-6-4-3-5-7-12;;;;/h3-7,9-13H,1-2H3;2*3-7,9-11H,1-2H3;3-7,9-12H,2H2,1H3;4*3-6,8-9H,1-2H3;;;;/q8*-1;;;;/i;1D3,2D3;;;4*2D3;;;;. The van der Waals surface area contributed by atoms with Crippen molar-refractivity contribution in [1.29, 1.82) is 0 Å². The first-order chi connectivity index (χ1) is 75.9. The van der Waals surface area contributed by atoms with Gasteiger partial charge in [-0.25, -0.2) is 0 Å². The predicted octanol–water partition coefficient (Wildman–Crippen LogP) is 33.4. The molecule has 0 aliphatic heterocycles. The number of rotatable bonds is 10. The summed E-state index contributed by atoms with van der Waals surface area (Å²) in [6, 6.07) is 121. The summed E-state index contributed by atoms with van der Waals surface area (Å²) in [5, 5.41) is 8.52. The third-order valence-corrected chi connectivity index (χ3v) is 23.7. The summed E-state index contributed by atoms with van der Waals surface area (Å²) >= 11 is 0. The molecular weight excluding hydrogens is 2490 g/mol. The quantitative estimate of drug-likeness (QED) is 0.120. The van der Waals surface area contributed by atoms with E-state index in [4.69, 9.17) is 42.3 Å². The minimum atomic E-state index is -2.58. The minimum Gasteiger partial charge on any atom is -0.501 e. The van der Waals surface area contributed by atoms with Gasteiger partial charge in [0.1, 0.15) is 22.3 Å². The van der Waals surface area contributed by atoms with Crippen LogP contribution in [0.4, 0.5) is 0 Å². The average molecular weight is 2620 g/mol. The fourth-order valence-electron chi connectivity index (χ4n) is 15.7. The van der Waals surface area contributed by atoms with E-state index in [9.17, 15) is 0 Å². The van der Waals surface area contributed by atoms with Crippen LogP contribution in [0.1, 0.15) is 129 Å². The topological polar surface area (TPSA) is 156 Å². The summed E-state index contributed by atoms with van der Waals surface area (Å²) in [7, 11) is 0. The number of hydrogen-bond acceptors (Lipinski definition) is 12. The molecule has 0 atom stereocenters. The van der Waals surface area contributed by atoms with Crippen LogP contribution in [0.2, 0.25) is 0 Å². The Morgan fingerprint density at radius 1 is 0.241 bits per heavy atom. The van der Waals surface area contributed by atoms with Crippen molar-refractivity contribution in [2.24, 2.45) is 0 Å². The van der Waals surface area contributed by atoms with Crippen molar-refractivity contribution in [3.05, 3.63) is 479 Å². The third-order valence-electron chi connectivity index (χ3n) is 23.7. The largest absolute Gasteiger partial charge is 0.501 e. The van der Waals surface area contributed by atoms with Gasteiger partial charge in [0.05, 0.1) is 22.3 Å². The second-order valence-electron chi connectivity index (χ2n) is 33.7. The molecule has 0 N–H and O–H groups in total. The maximum absolute atomic E-state index is 7.73. The SMILES string of the molecule is CC(C)c1ccnc(-c2[c-]ccc3c2oc2ccccc23)c1.CCc1ccnc(-c2[c-]ccc3c2oc2ccccc23)c1.Cc1cnc(-c2[c-]ccc3c2oc2ccccc23)cc1C.[2H]C([2H])([2H])c1cnc(-c2[c-]ccc3c2oc2ccccc23)cc1C([2H])([2H])[2H].[2H]C([2H])([2H])c1cnc(-c2[c-]cccc2)cc1C.[2H]C([2H])([2H])c1cnc(-c2[c-]cccc2)cc1C.[2H]C([2H])([2H])c1cnc(-c2[c-]cccc2)cc1C.[2H]C([2H])([2H])c1cnc(-c2[c-]cccc2)cc1C.[Ir].[Ir].[Ir].[Ir]. The molecule has 0 saturated heterocycles. The molecule has 0 aliphatic rings. The second-order valence-corrected chi connectivity index (χ2v) is 33.7. The monoisotopic (exact) mass is 2620 g/mol. The number of aromatic nitrogens is 8. The van der Waals surface area contributed by atoms with Crippen molar-refractivity contribution in [2.75, 3.05) is 0 Å². The third kappa shape index (κ3) is 25.9. The Hall–Kier alpha value is -14.4. The van der Waals surface area contributed by atoms with Crippen molar-refractivity contribution in [2.45, 2.75) is 116 Å². The molecule has 0 spiro atoms. The number of benzene rings is 12. The zero-order valence-electron chi connectivity index (χ0n) is 98.3. The van der Waals surface area contributed by atoms with Gasteiger partial charge in [-0.05, 0) is 210 Å². The van der Waals surface area contributed by atoms with E-state index in [1.54, 1.807) is 58.0 Å². The Morgan fingerprint density at radius 3 is 0.779 bits per heavy atom. The van der Waals surface area contributed by atoms with Crippen molar-refractivity contribution in [3.63, 3.8) is 0 Å². The van der Waals surface area contributed by atoms with Crippen LogP contribution in [0, 0.1) is 131 Å². The molecule has 0 bridgehead atoms. The van der Waals surface area contributed by atoms with E-state index in [2.05, 4.69) is 172 Å². The Kier molecular flexibility index (Phi) is 29.8. The van der Waals surface area contributed by atoms with Crippen molar-refractivity contribution in [1.82, 2.24) is 39.9 Å². The van der Waals surface area contributed by atoms with Crippen LogP contribution in [0.5, 0.6) is 0 Å². The first-order valence-electron chi connectivity index (χ1n) is 54.8. The molecule has 16 heteroatoms. The van der Waals surface area contributed by atoms with Gasteiger partial charge in [-0.1, -0.05) is 230 Å². The second kappa shape index (κ2) is 50.7. The summed E-state index contributed by atoms with van der Waals surface area (Å²) in [6.45, 7) is 4.28. The van der Waals surface area contributed by atoms with Gasteiger partial charge in [0.15, 0.2) is 0 Å². The first-order valence-corrected chi connectivity index (χ1v) is 45.8. The molecule has 0 saturated carbocycles. The van der Waals surface area contributed by atoms with Crippen molar-refractivity contribution in [3.8, 4) is 90.1 Å². The van der Waals surface area contributed by atoms with Gasteiger partial charge in [-0.2, -0.15) is 0 Å². The van der Waals surface area contributed by atoms with E-state index in [0.717, 1.165) is 190 Å². The summed E-state index contributed by atoms with van der Waals surface area (Å²) < 4.78 is 159. The Bertz CT molecular complexity index is 8880. The summed E-state index contributed by atoms with van der Waals surface area (Å²) in [6.07, 6.45) is 13.4. The van der Waals surface area contributed by atoms with Crippen LogP contribution in [-0.2, 0) is 86.8 Å². The average Bonchev–Trinajstić information content (AvgIpc) is 1.44. The predicted molar refractivity (Wildman–Crippen MR) is 577 cm³/mol. The molecule has 4 radical (unpaired) electrons. The number of nitrogens with zero attached hydrogens (tertiary/aromatic N) is 8. The number of furan rings is 4. The van der Waals surface area contributed by atoms with Crippen molar-refractivity contribution < 1.29 is 123 Å². The van der Waals surface area contributed by atoms with E-state index in [1.807, 2.05) is 237 Å². The van der Waals surface area contributed by atoms with E-state index >= 15 is 0 Å². The Morgan fingerprint density at radius 2 is 0.497 bits per heavy atom. The van der Waals surface area contributed by atoms with Crippen LogP contribution < -0.4 is 0 Å². The maximum atomic E-state index is 7.73. The maximum Gasteiger partial charge on any atom is 0.120 e. The van der Waals surface area contributed by atoms with Crippen LogP contribution in [-0.4, -0.2) is 39.9 Å². The number of para-hydroxylation sites is 4. The van der Waals surface area contributed by atoms with Crippen LogP contribution in [0.3, 0.4) is 0 Å². The summed E-state index contributed by atoms with van der Waals surface area (Å²) in [5.41, 5.74) is 27.8. The van der Waals surface area contributed by atoms with Gasteiger partial charge >= 0.3 is 0 Å². The molecule has 12 aromatic carbocycles. The molecule has 0 aliphatic carbocycles. The van der Waals surface area contributed by atoms with Crippen LogP contribution in [0.25, 0.3) is 178 Å². The normalized spacial score (nSPS) is 13.0. The molecule has 145 heavy (non-hydrogen) atoms. The van der Waals surface area contributed by atoms with Gasteiger partial charge < -0.3 is 57.5 Å².